The Morgan fingerprint density at radius 1 is 1.00 bits per heavy atom. The largest absolute Gasteiger partial charge is 0.478 e. The van der Waals surface area contributed by atoms with Gasteiger partial charge in [0.05, 0.1) is 5.56 Å². The van der Waals surface area contributed by atoms with Crippen molar-refractivity contribution in [3.63, 3.8) is 0 Å². The molecular weight excluding hydrogens is 326 g/mol. The summed E-state index contributed by atoms with van der Waals surface area (Å²) in [5, 5.41) is 9.27. The molecule has 2 rings (SSSR count). The van der Waals surface area contributed by atoms with Gasteiger partial charge < -0.3 is 10.0 Å². The number of carbonyl (C=O) groups is 2. The minimum absolute atomic E-state index is 0.0714. The van der Waals surface area contributed by atoms with Gasteiger partial charge in [-0.25, -0.2) is 4.79 Å². The van der Waals surface area contributed by atoms with E-state index >= 15 is 0 Å². The number of aryl methyl sites for hydroxylation is 1. The van der Waals surface area contributed by atoms with E-state index in [1.54, 1.807) is 18.2 Å². The maximum atomic E-state index is 12.7. The van der Waals surface area contributed by atoms with Crippen molar-refractivity contribution in [3.8, 4) is 0 Å². The number of rotatable bonds is 9. The van der Waals surface area contributed by atoms with E-state index in [9.17, 15) is 14.7 Å². The van der Waals surface area contributed by atoms with E-state index in [0.717, 1.165) is 6.42 Å². The third kappa shape index (κ3) is 5.19. The summed E-state index contributed by atoms with van der Waals surface area (Å²) in [5.74, 6) is -0.566. The summed E-state index contributed by atoms with van der Waals surface area (Å²) in [5.41, 5.74) is 2.23. The number of hydrogen-bond acceptors (Lipinski definition) is 2. The van der Waals surface area contributed by atoms with Gasteiger partial charge in [-0.1, -0.05) is 55.5 Å². The van der Waals surface area contributed by atoms with Crippen LogP contribution in [-0.4, -0.2) is 35.0 Å². The van der Waals surface area contributed by atoms with E-state index in [1.807, 2.05) is 36.1 Å². The molecule has 4 nitrogen and oxygen atoms in total. The molecule has 0 aromatic heterocycles. The lowest BCUT2D eigenvalue weighted by atomic mass is 9.95. The van der Waals surface area contributed by atoms with Crippen molar-refractivity contribution in [2.45, 2.75) is 39.0 Å². The number of benzene rings is 2. The van der Waals surface area contributed by atoms with Gasteiger partial charge in [-0.2, -0.15) is 0 Å². The zero-order chi connectivity index (χ0) is 18.9. The molecule has 2 aromatic rings. The van der Waals surface area contributed by atoms with E-state index < -0.39 is 5.97 Å². The minimum atomic E-state index is -0.949. The van der Waals surface area contributed by atoms with Crippen molar-refractivity contribution in [1.82, 2.24) is 4.90 Å². The first-order valence-corrected chi connectivity index (χ1v) is 9.20. The van der Waals surface area contributed by atoms with Gasteiger partial charge in [-0.05, 0) is 37.0 Å². The minimum Gasteiger partial charge on any atom is -0.478 e. The van der Waals surface area contributed by atoms with E-state index in [-0.39, 0.29) is 11.5 Å². The van der Waals surface area contributed by atoms with E-state index in [4.69, 9.17) is 0 Å². The number of aromatic carboxylic acids is 1. The highest BCUT2D eigenvalue weighted by atomic mass is 16.4. The van der Waals surface area contributed by atoms with Gasteiger partial charge in [0.2, 0.25) is 5.91 Å². The van der Waals surface area contributed by atoms with Crippen LogP contribution in [0.15, 0.2) is 54.6 Å². The lowest BCUT2D eigenvalue weighted by molar-refractivity contribution is -0.131. The summed E-state index contributed by atoms with van der Waals surface area (Å²) in [6, 6.07) is 17.2. The number of hydrogen-bond donors (Lipinski definition) is 1. The lowest BCUT2D eigenvalue weighted by Gasteiger charge is -2.26. The van der Waals surface area contributed by atoms with Crippen molar-refractivity contribution >= 4 is 11.9 Å². The molecular formula is C22H27NO3. The Bertz CT molecular complexity index is 727. The number of carboxylic acid groups (broad SMARTS) is 1. The van der Waals surface area contributed by atoms with Gasteiger partial charge in [-0.3, -0.25) is 4.79 Å². The predicted octanol–water partition coefficient (Wildman–Crippen LogP) is 4.36. The van der Waals surface area contributed by atoms with Crippen LogP contribution in [-0.2, 0) is 11.2 Å². The molecule has 2 aromatic carbocycles. The van der Waals surface area contributed by atoms with Crippen LogP contribution < -0.4 is 0 Å². The molecule has 0 heterocycles. The van der Waals surface area contributed by atoms with Gasteiger partial charge in [0.1, 0.15) is 0 Å². The SMILES string of the molecule is CCC(CN(CC)C(=O)CCc1ccccc1C(=O)O)c1ccccc1. The molecule has 0 radical (unpaired) electrons. The number of carboxylic acids is 1. The first-order chi connectivity index (χ1) is 12.6. The van der Waals surface area contributed by atoms with Crippen molar-refractivity contribution < 1.29 is 14.7 Å². The van der Waals surface area contributed by atoms with E-state index in [1.165, 1.54) is 5.56 Å². The molecule has 0 saturated heterocycles. The van der Waals surface area contributed by atoms with Crippen molar-refractivity contribution in [1.29, 1.82) is 0 Å². The van der Waals surface area contributed by atoms with Gasteiger partial charge in [0.15, 0.2) is 0 Å². The fraction of sp³-hybridized carbons (Fsp3) is 0.364. The summed E-state index contributed by atoms with van der Waals surface area (Å²) in [4.78, 5) is 25.9. The Kier molecular flexibility index (Phi) is 7.39. The standard InChI is InChI=1S/C22H27NO3/c1-3-17(18-10-6-5-7-11-18)16-23(4-2)21(24)15-14-19-12-8-9-13-20(19)22(25)26/h5-13,17H,3-4,14-16H2,1-2H3,(H,25,26). The molecule has 0 bridgehead atoms. The highest BCUT2D eigenvalue weighted by Gasteiger charge is 2.19. The Labute approximate surface area is 155 Å². The van der Waals surface area contributed by atoms with Crippen LogP contribution in [0.3, 0.4) is 0 Å². The van der Waals surface area contributed by atoms with Crippen molar-refractivity contribution in [2.24, 2.45) is 0 Å². The number of carbonyl (C=O) groups excluding carboxylic acids is 1. The summed E-state index contributed by atoms with van der Waals surface area (Å²) < 4.78 is 0. The second kappa shape index (κ2) is 9.76. The second-order valence-electron chi connectivity index (χ2n) is 6.41. The molecule has 0 saturated carbocycles. The van der Waals surface area contributed by atoms with E-state index in [0.29, 0.717) is 37.4 Å². The summed E-state index contributed by atoms with van der Waals surface area (Å²) in [6.07, 6.45) is 1.74. The molecule has 26 heavy (non-hydrogen) atoms. The number of nitrogens with zero attached hydrogens (tertiary/aromatic N) is 1. The number of likely N-dealkylation sites (N-methyl/N-ethyl adjacent to an activating group) is 1. The third-order valence-electron chi connectivity index (χ3n) is 4.79. The smallest absolute Gasteiger partial charge is 0.335 e. The fourth-order valence-electron chi connectivity index (χ4n) is 3.22. The van der Waals surface area contributed by atoms with E-state index in [2.05, 4.69) is 19.1 Å². The maximum Gasteiger partial charge on any atom is 0.335 e. The van der Waals surface area contributed by atoms with Crippen LogP contribution in [0, 0.1) is 0 Å². The van der Waals surface area contributed by atoms with Crippen LogP contribution in [0.4, 0.5) is 0 Å². The predicted molar refractivity (Wildman–Crippen MR) is 103 cm³/mol. The van der Waals surface area contributed by atoms with Crippen LogP contribution in [0.2, 0.25) is 0 Å². The molecule has 0 aliphatic carbocycles. The second-order valence-corrected chi connectivity index (χ2v) is 6.41. The van der Waals surface area contributed by atoms with Crippen molar-refractivity contribution in [2.75, 3.05) is 13.1 Å². The van der Waals surface area contributed by atoms with Gasteiger partial charge in [0, 0.05) is 25.4 Å². The summed E-state index contributed by atoms with van der Waals surface area (Å²) in [6.45, 7) is 5.47. The molecule has 0 aliphatic rings. The Hall–Kier alpha value is -2.62. The Morgan fingerprint density at radius 2 is 1.65 bits per heavy atom. The molecule has 0 fully saturated rings. The topological polar surface area (TPSA) is 57.6 Å². The fourth-order valence-corrected chi connectivity index (χ4v) is 3.22. The van der Waals surface area contributed by atoms with Crippen LogP contribution >= 0.6 is 0 Å². The summed E-state index contributed by atoms with van der Waals surface area (Å²) in [7, 11) is 0. The quantitative estimate of drug-likeness (QED) is 0.729. The average Bonchev–Trinajstić information content (AvgIpc) is 2.68. The maximum absolute atomic E-state index is 12.7. The first-order valence-electron chi connectivity index (χ1n) is 9.20. The van der Waals surface area contributed by atoms with Gasteiger partial charge >= 0.3 is 5.97 Å². The third-order valence-corrected chi connectivity index (χ3v) is 4.79. The molecule has 0 spiro atoms. The molecule has 1 unspecified atom stereocenters. The molecule has 138 valence electrons. The normalized spacial score (nSPS) is 11.8. The summed E-state index contributed by atoms with van der Waals surface area (Å²) >= 11 is 0. The molecule has 0 aliphatic heterocycles. The Morgan fingerprint density at radius 3 is 2.27 bits per heavy atom. The molecule has 1 N–H and O–H groups in total. The average molecular weight is 353 g/mol. The van der Waals surface area contributed by atoms with Gasteiger partial charge in [0.25, 0.3) is 0 Å². The number of amides is 1. The van der Waals surface area contributed by atoms with Crippen molar-refractivity contribution in [3.05, 3.63) is 71.3 Å². The van der Waals surface area contributed by atoms with Crippen LogP contribution in [0.5, 0.6) is 0 Å². The Balaban J connectivity index is 2.01. The molecule has 4 heteroatoms. The van der Waals surface area contributed by atoms with Crippen LogP contribution in [0.25, 0.3) is 0 Å². The molecule has 1 atom stereocenters. The monoisotopic (exact) mass is 353 g/mol. The first kappa shape index (κ1) is 19.7. The highest BCUT2D eigenvalue weighted by molar-refractivity contribution is 5.89. The highest BCUT2D eigenvalue weighted by Crippen LogP contribution is 2.21. The lowest BCUT2D eigenvalue weighted by Crippen LogP contribution is -2.34. The zero-order valence-corrected chi connectivity index (χ0v) is 15.5. The van der Waals surface area contributed by atoms with Crippen LogP contribution in [0.1, 0.15) is 54.1 Å². The molecule has 1 amide bonds. The zero-order valence-electron chi connectivity index (χ0n) is 15.5. The van der Waals surface area contributed by atoms with Gasteiger partial charge in [-0.15, -0.1) is 0 Å².